The molecule has 0 fully saturated rings. The summed E-state index contributed by atoms with van der Waals surface area (Å²) < 4.78 is 0. The Morgan fingerprint density at radius 2 is 2.12 bits per heavy atom. The van der Waals surface area contributed by atoms with Crippen molar-refractivity contribution in [3.63, 3.8) is 0 Å². The fourth-order valence-electron chi connectivity index (χ4n) is 1.26. The Morgan fingerprint density at radius 3 is 2.65 bits per heavy atom. The molecule has 0 saturated heterocycles. The predicted octanol–water partition coefficient (Wildman–Crippen LogP) is 3.16. The van der Waals surface area contributed by atoms with E-state index in [0.717, 1.165) is 27.4 Å². The zero-order valence-corrected chi connectivity index (χ0v) is 12.1. The lowest BCUT2D eigenvalue weighted by molar-refractivity contribution is 0.547. The molecule has 0 aromatic carbocycles. The smallest absolute Gasteiger partial charge is 0.208 e. The molecule has 2 rings (SSSR count). The van der Waals surface area contributed by atoms with Crippen molar-refractivity contribution in [3.05, 3.63) is 21.9 Å². The summed E-state index contributed by atoms with van der Waals surface area (Å²) in [6, 6.07) is 0. The fraction of sp³-hybridized carbons (Fsp3) is 0.545. The maximum Gasteiger partial charge on any atom is 0.208 e. The summed E-state index contributed by atoms with van der Waals surface area (Å²) in [7, 11) is 0. The third-order valence-corrected chi connectivity index (χ3v) is 3.89. The van der Waals surface area contributed by atoms with E-state index in [1.54, 1.807) is 23.1 Å². The highest BCUT2D eigenvalue weighted by Crippen LogP contribution is 2.23. The molecule has 0 radical (unpaired) electrons. The second kappa shape index (κ2) is 4.78. The quantitative estimate of drug-likeness (QED) is 0.869. The number of aromatic amines is 1. The Hall–Kier alpha value is -0.880. The topological polar surface area (TPSA) is 54.5 Å². The van der Waals surface area contributed by atoms with Gasteiger partial charge in [0.1, 0.15) is 5.82 Å². The highest BCUT2D eigenvalue weighted by Gasteiger charge is 2.18. The lowest BCUT2D eigenvalue weighted by atomic mass is 9.96. The van der Waals surface area contributed by atoms with Crippen LogP contribution in [-0.4, -0.2) is 20.2 Å². The van der Waals surface area contributed by atoms with Gasteiger partial charge < -0.3 is 0 Å². The maximum absolute atomic E-state index is 4.48. The Labute approximate surface area is 109 Å². The number of hydrogen-bond donors (Lipinski definition) is 1. The SMILES string of the molecule is Cc1nc(CSc2n[nH]c(C(C)(C)C)n2)cs1. The van der Waals surface area contributed by atoms with Gasteiger partial charge in [-0.1, -0.05) is 32.5 Å². The molecule has 2 heterocycles. The van der Waals surface area contributed by atoms with Crippen molar-refractivity contribution in [2.45, 2.75) is 44.0 Å². The van der Waals surface area contributed by atoms with Gasteiger partial charge in [0.05, 0.1) is 10.7 Å². The molecule has 0 aliphatic heterocycles. The molecular formula is C11H16N4S2. The molecule has 0 spiro atoms. The highest BCUT2D eigenvalue weighted by molar-refractivity contribution is 7.98. The van der Waals surface area contributed by atoms with Crippen molar-refractivity contribution in [2.75, 3.05) is 0 Å². The number of nitrogens with zero attached hydrogens (tertiary/aromatic N) is 3. The molecule has 0 unspecified atom stereocenters. The van der Waals surface area contributed by atoms with E-state index < -0.39 is 0 Å². The zero-order valence-electron chi connectivity index (χ0n) is 10.4. The predicted molar refractivity (Wildman–Crippen MR) is 71.5 cm³/mol. The van der Waals surface area contributed by atoms with E-state index in [1.165, 1.54) is 0 Å². The van der Waals surface area contributed by atoms with E-state index in [4.69, 9.17) is 0 Å². The van der Waals surface area contributed by atoms with E-state index in [-0.39, 0.29) is 5.41 Å². The standard InChI is InChI=1S/C11H16N4S2/c1-7-12-8(5-16-7)6-17-10-13-9(14-15-10)11(2,3)4/h5H,6H2,1-4H3,(H,13,14,15). The average molecular weight is 268 g/mol. The number of thioether (sulfide) groups is 1. The van der Waals surface area contributed by atoms with Gasteiger partial charge in [0, 0.05) is 16.5 Å². The maximum atomic E-state index is 4.48. The third-order valence-electron chi connectivity index (χ3n) is 2.19. The van der Waals surface area contributed by atoms with Crippen molar-refractivity contribution in [3.8, 4) is 0 Å². The summed E-state index contributed by atoms with van der Waals surface area (Å²) in [4.78, 5) is 8.89. The molecular weight excluding hydrogens is 252 g/mol. The Bertz CT molecular complexity index is 496. The van der Waals surface area contributed by atoms with Gasteiger partial charge in [0.2, 0.25) is 5.16 Å². The van der Waals surface area contributed by atoms with Gasteiger partial charge in [-0.15, -0.1) is 16.4 Å². The van der Waals surface area contributed by atoms with Crippen LogP contribution in [0, 0.1) is 6.92 Å². The molecule has 0 atom stereocenters. The third kappa shape index (κ3) is 3.29. The lowest BCUT2D eigenvalue weighted by Crippen LogP contribution is -2.13. The molecule has 92 valence electrons. The van der Waals surface area contributed by atoms with Gasteiger partial charge in [0.25, 0.3) is 0 Å². The number of H-pyrrole nitrogens is 1. The first-order valence-electron chi connectivity index (χ1n) is 5.42. The highest BCUT2D eigenvalue weighted by atomic mass is 32.2. The molecule has 2 aromatic heterocycles. The van der Waals surface area contributed by atoms with Gasteiger partial charge >= 0.3 is 0 Å². The molecule has 17 heavy (non-hydrogen) atoms. The van der Waals surface area contributed by atoms with Crippen LogP contribution in [0.1, 0.15) is 37.3 Å². The lowest BCUT2D eigenvalue weighted by Gasteiger charge is -2.12. The van der Waals surface area contributed by atoms with Crippen LogP contribution in [-0.2, 0) is 11.2 Å². The van der Waals surface area contributed by atoms with Crippen molar-refractivity contribution in [2.24, 2.45) is 0 Å². The molecule has 4 nitrogen and oxygen atoms in total. The number of aromatic nitrogens is 4. The van der Waals surface area contributed by atoms with Crippen molar-refractivity contribution < 1.29 is 0 Å². The summed E-state index contributed by atoms with van der Waals surface area (Å²) in [5, 5.41) is 11.2. The molecule has 0 aliphatic carbocycles. The zero-order chi connectivity index (χ0) is 12.5. The number of aryl methyl sites for hydroxylation is 1. The van der Waals surface area contributed by atoms with Gasteiger partial charge in [-0.3, -0.25) is 5.10 Å². The largest absolute Gasteiger partial charge is 0.262 e. The second-order valence-corrected chi connectivity index (χ2v) is 6.87. The Balaban J connectivity index is 1.98. The summed E-state index contributed by atoms with van der Waals surface area (Å²) in [6.45, 7) is 8.37. The first kappa shape index (κ1) is 12.6. The van der Waals surface area contributed by atoms with Crippen LogP contribution in [0.4, 0.5) is 0 Å². The van der Waals surface area contributed by atoms with Crippen LogP contribution >= 0.6 is 23.1 Å². The minimum atomic E-state index is 0.0169. The number of nitrogens with one attached hydrogen (secondary N) is 1. The van der Waals surface area contributed by atoms with Gasteiger partial charge in [-0.2, -0.15) is 0 Å². The molecule has 0 saturated carbocycles. The molecule has 0 aliphatic rings. The minimum absolute atomic E-state index is 0.0169. The van der Waals surface area contributed by atoms with E-state index in [1.807, 2.05) is 6.92 Å². The van der Waals surface area contributed by atoms with Crippen LogP contribution in [0.15, 0.2) is 10.5 Å². The van der Waals surface area contributed by atoms with Crippen molar-refractivity contribution in [1.29, 1.82) is 0 Å². The molecule has 1 N–H and O–H groups in total. The van der Waals surface area contributed by atoms with E-state index in [2.05, 4.69) is 46.3 Å². The Morgan fingerprint density at radius 1 is 1.35 bits per heavy atom. The molecule has 0 amide bonds. The first-order valence-corrected chi connectivity index (χ1v) is 7.28. The molecule has 2 aromatic rings. The normalized spacial score (nSPS) is 12.0. The summed E-state index contributed by atoms with van der Waals surface area (Å²) in [6.07, 6.45) is 0. The van der Waals surface area contributed by atoms with Crippen LogP contribution in [0.2, 0.25) is 0 Å². The monoisotopic (exact) mass is 268 g/mol. The summed E-state index contributed by atoms with van der Waals surface area (Å²) in [5.41, 5.74) is 1.11. The van der Waals surface area contributed by atoms with E-state index in [9.17, 15) is 0 Å². The van der Waals surface area contributed by atoms with Gasteiger partial charge in [-0.05, 0) is 6.92 Å². The number of thiazole rings is 1. The summed E-state index contributed by atoms with van der Waals surface area (Å²) >= 11 is 3.29. The second-order valence-electron chi connectivity index (χ2n) is 4.86. The Kier molecular flexibility index (Phi) is 3.53. The van der Waals surface area contributed by atoms with Crippen LogP contribution in [0.5, 0.6) is 0 Å². The van der Waals surface area contributed by atoms with E-state index in [0.29, 0.717) is 0 Å². The first-order chi connectivity index (χ1) is 7.95. The molecule has 6 heteroatoms. The number of hydrogen-bond acceptors (Lipinski definition) is 5. The van der Waals surface area contributed by atoms with Gasteiger partial charge in [-0.25, -0.2) is 9.97 Å². The average Bonchev–Trinajstić information content (AvgIpc) is 2.82. The van der Waals surface area contributed by atoms with E-state index >= 15 is 0 Å². The van der Waals surface area contributed by atoms with Crippen LogP contribution in [0.25, 0.3) is 0 Å². The number of rotatable bonds is 3. The van der Waals surface area contributed by atoms with Crippen LogP contribution < -0.4 is 0 Å². The van der Waals surface area contributed by atoms with Crippen molar-refractivity contribution >= 4 is 23.1 Å². The van der Waals surface area contributed by atoms with Crippen LogP contribution in [0.3, 0.4) is 0 Å². The summed E-state index contributed by atoms with van der Waals surface area (Å²) in [5.74, 6) is 1.75. The fourth-order valence-corrected chi connectivity index (χ4v) is 2.67. The minimum Gasteiger partial charge on any atom is -0.262 e. The van der Waals surface area contributed by atoms with Crippen molar-refractivity contribution in [1.82, 2.24) is 20.2 Å². The molecule has 0 bridgehead atoms. The van der Waals surface area contributed by atoms with Gasteiger partial charge in [0.15, 0.2) is 0 Å².